The summed E-state index contributed by atoms with van der Waals surface area (Å²) in [5, 5.41) is 21.8. The Hall–Kier alpha value is -2.03. The third-order valence-electron chi connectivity index (χ3n) is 5.62. The average Bonchev–Trinajstić information content (AvgIpc) is 3.14. The van der Waals surface area contributed by atoms with Crippen molar-refractivity contribution in [1.29, 1.82) is 0 Å². The maximum atomic E-state index is 11.0. The maximum Gasteiger partial charge on any atom is 0.267 e. The first-order valence-electron chi connectivity index (χ1n) is 9.66. The second-order valence-corrected chi connectivity index (χ2v) is 7.72. The summed E-state index contributed by atoms with van der Waals surface area (Å²) in [5.74, 6) is 0.101. The molecule has 0 spiro atoms. The second kappa shape index (κ2) is 9.25. The zero-order valence-electron chi connectivity index (χ0n) is 15.6. The van der Waals surface area contributed by atoms with Crippen molar-refractivity contribution in [3.8, 4) is 0 Å². The monoisotopic (exact) mass is 375 g/mol. The third-order valence-corrected chi connectivity index (χ3v) is 5.62. The van der Waals surface area contributed by atoms with Crippen molar-refractivity contribution in [2.45, 2.75) is 44.6 Å². The molecule has 0 aromatic carbocycles. The van der Waals surface area contributed by atoms with E-state index in [1.54, 1.807) is 12.4 Å². The van der Waals surface area contributed by atoms with Gasteiger partial charge in [0.15, 0.2) is 0 Å². The summed E-state index contributed by atoms with van der Waals surface area (Å²) in [7, 11) is 0. The average molecular weight is 375 g/mol. The molecule has 2 fully saturated rings. The molecule has 0 unspecified atom stereocenters. The van der Waals surface area contributed by atoms with Gasteiger partial charge in [0.25, 0.3) is 5.91 Å². The van der Waals surface area contributed by atoms with Gasteiger partial charge in [0.05, 0.1) is 18.1 Å². The summed E-state index contributed by atoms with van der Waals surface area (Å²) in [6, 6.07) is 0.320. The van der Waals surface area contributed by atoms with Crippen LogP contribution in [0.1, 0.15) is 44.2 Å². The molecule has 0 radical (unpaired) electrons. The number of carbonyl (C=O) groups excluding carboxylic acids is 1. The number of aliphatic hydroxyl groups is 1. The largest absolute Gasteiger partial charge is 0.396 e. The molecule has 0 bridgehead atoms. The summed E-state index contributed by atoms with van der Waals surface area (Å²) >= 11 is 0. The number of likely N-dealkylation sites (tertiary alicyclic amines) is 1. The van der Waals surface area contributed by atoms with Crippen LogP contribution < -0.4 is 10.8 Å². The molecule has 1 aromatic heterocycles. The summed E-state index contributed by atoms with van der Waals surface area (Å²) in [5.41, 5.74) is 2.15. The minimum Gasteiger partial charge on any atom is -0.396 e. The predicted octanol–water partition coefficient (Wildman–Crippen LogP) is 1.42. The summed E-state index contributed by atoms with van der Waals surface area (Å²) in [4.78, 5) is 22.0. The minimum atomic E-state index is -0.608. The Morgan fingerprint density at radius 1 is 1.30 bits per heavy atom. The Morgan fingerprint density at radius 2 is 2.11 bits per heavy atom. The number of hydroxylamine groups is 1. The van der Waals surface area contributed by atoms with Crippen LogP contribution in [0.15, 0.2) is 18.5 Å². The quantitative estimate of drug-likeness (QED) is 0.324. The standard InChI is InChI=1S/C19H29N5O3/c25-14-19(7-2-1-3-8-19)13-24-9-6-16(12-24)22-17-11-20-15(10-21-17)4-5-18(26)23-27/h4-5,10-11,16,25,27H,1-3,6-9,12-14H2,(H,21,22)(H,23,26)/t16-/m1/s1. The number of rotatable bonds is 7. The van der Waals surface area contributed by atoms with E-state index in [1.165, 1.54) is 36.9 Å². The number of aromatic nitrogens is 2. The van der Waals surface area contributed by atoms with E-state index in [4.69, 9.17) is 5.21 Å². The number of nitrogens with zero attached hydrogens (tertiary/aromatic N) is 3. The van der Waals surface area contributed by atoms with E-state index in [-0.39, 0.29) is 12.0 Å². The van der Waals surface area contributed by atoms with E-state index in [0.29, 0.717) is 17.6 Å². The van der Waals surface area contributed by atoms with Crippen LogP contribution in [0.4, 0.5) is 5.82 Å². The van der Waals surface area contributed by atoms with Crippen molar-refractivity contribution >= 4 is 17.8 Å². The van der Waals surface area contributed by atoms with Gasteiger partial charge < -0.3 is 15.3 Å². The fourth-order valence-electron chi connectivity index (χ4n) is 4.14. The third kappa shape index (κ3) is 5.47. The molecule has 1 saturated carbocycles. The molecule has 2 heterocycles. The van der Waals surface area contributed by atoms with Crippen LogP contribution in [-0.2, 0) is 4.79 Å². The van der Waals surface area contributed by atoms with Gasteiger partial charge in [0.1, 0.15) is 5.82 Å². The van der Waals surface area contributed by atoms with Gasteiger partial charge in [0, 0.05) is 43.8 Å². The molecule has 27 heavy (non-hydrogen) atoms. The molecule has 1 atom stereocenters. The minimum absolute atomic E-state index is 0.0851. The van der Waals surface area contributed by atoms with Crippen LogP contribution >= 0.6 is 0 Å². The molecular weight excluding hydrogens is 346 g/mol. The topological polar surface area (TPSA) is 111 Å². The number of hydrogen-bond donors (Lipinski definition) is 4. The second-order valence-electron chi connectivity index (χ2n) is 7.72. The molecule has 1 aliphatic heterocycles. The van der Waals surface area contributed by atoms with Crippen LogP contribution in [-0.4, -0.2) is 63.4 Å². The van der Waals surface area contributed by atoms with Gasteiger partial charge in [0.2, 0.25) is 0 Å². The van der Waals surface area contributed by atoms with Crippen LogP contribution in [0.25, 0.3) is 6.08 Å². The molecule has 1 saturated heterocycles. The fraction of sp³-hybridized carbons (Fsp3) is 0.632. The van der Waals surface area contributed by atoms with Crippen molar-refractivity contribution in [2.24, 2.45) is 5.41 Å². The Morgan fingerprint density at radius 3 is 2.78 bits per heavy atom. The van der Waals surface area contributed by atoms with Gasteiger partial charge in [-0.3, -0.25) is 15.0 Å². The zero-order valence-corrected chi connectivity index (χ0v) is 15.6. The van der Waals surface area contributed by atoms with Gasteiger partial charge >= 0.3 is 0 Å². The van der Waals surface area contributed by atoms with E-state index in [9.17, 15) is 9.90 Å². The van der Waals surface area contributed by atoms with Gasteiger partial charge in [-0.25, -0.2) is 10.5 Å². The highest BCUT2D eigenvalue weighted by molar-refractivity contribution is 5.90. The number of anilines is 1. The number of nitrogens with one attached hydrogen (secondary N) is 2. The summed E-state index contributed by atoms with van der Waals surface area (Å²) in [6.45, 7) is 3.24. The first kappa shape index (κ1) is 19.7. The van der Waals surface area contributed by atoms with Crippen molar-refractivity contribution in [3.05, 3.63) is 24.2 Å². The first-order valence-corrected chi connectivity index (χ1v) is 9.66. The van der Waals surface area contributed by atoms with Gasteiger partial charge in [-0.2, -0.15) is 0 Å². The molecule has 8 nitrogen and oxygen atoms in total. The molecule has 8 heteroatoms. The van der Waals surface area contributed by atoms with E-state index < -0.39 is 5.91 Å². The lowest BCUT2D eigenvalue weighted by molar-refractivity contribution is -0.124. The smallest absolute Gasteiger partial charge is 0.267 e. The predicted molar refractivity (Wildman–Crippen MR) is 102 cm³/mol. The van der Waals surface area contributed by atoms with Crippen LogP contribution in [0.3, 0.4) is 0 Å². The highest BCUT2D eigenvalue weighted by Gasteiger charge is 2.35. The summed E-state index contributed by atoms with van der Waals surface area (Å²) < 4.78 is 0. The van der Waals surface area contributed by atoms with Crippen molar-refractivity contribution < 1.29 is 15.1 Å². The van der Waals surface area contributed by atoms with E-state index >= 15 is 0 Å². The van der Waals surface area contributed by atoms with Gasteiger partial charge in [-0.05, 0) is 25.3 Å². The van der Waals surface area contributed by atoms with E-state index in [2.05, 4.69) is 20.2 Å². The normalized spacial score (nSPS) is 22.8. The highest BCUT2D eigenvalue weighted by atomic mass is 16.5. The lowest BCUT2D eigenvalue weighted by Gasteiger charge is -2.38. The molecule has 3 rings (SSSR count). The number of carbonyl (C=O) groups is 1. The van der Waals surface area contributed by atoms with Crippen molar-refractivity contribution in [3.63, 3.8) is 0 Å². The summed E-state index contributed by atoms with van der Waals surface area (Å²) in [6.07, 6.45) is 13.0. The van der Waals surface area contributed by atoms with Crippen LogP contribution in [0, 0.1) is 5.41 Å². The lowest BCUT2D eigenvalue weighted by atomic mass is 9.74. The molecule has 1 aromatic rings. The molecule has 1 aliphatic carbocycles. The maximum absolute atomic E-state index is 11.0. The Balaban J connectivity index is 1.49. The highest BCUT2D eigenvalue weighted by Crippen LogP contribution is 2.37. The first-order chi connectivity index (χ1) is 13.1. The fourth-order valence-corrected chi connectivity index (χ4v) is 4.14. The molecular formula is C19H29N5O3. The number of amides is 1. The van der Waals surface area contributed by atoms with Gasteiger partial charge in [-0.15, -0.1) is 0 Å². The molecule has 4 N–H and O–H groups in total. The molecule has 148 valence electrons. The Kier molecular flexibility index (Phi) is 6.76. The van der Waals surface area contributed by atoms with Gasteiger partial charge in [-0.1, -0.05) is 19.3 Å². The number of aliphatic hydroxyl groups excluding tert-OH is 1. The molecule has 1 amide bonds. The van der Waals surface area contributed by atoms with Crippen LogP contribution in [0.2, 0.25) is 0 Å². The van der Waals surface area contributed by atoms with Crippen molar-refractivity contribution in [1.82, 2.24) is 20.3 Å². The van der Waals surface area contributed by atoms with E-state index in [1.807, 2.05) is 0 Å². The number of hydrogen-bond acceptors (Lipinski definition) is 7. The molecule has 2 aliphatic rings. The lowest BCUT2D eigenvalue weighted by Crippen LogP contribution is -2.41. The zero-order chi connectivity index (χ0) is 19.1. The Labute approximate surface area is 159 Å². The SMILES string of the molecule is O=C(C=Cc1cnc(N[C@@H]2CCN(CC3(CO)CCCCC3)C2)cn1)NO. The van der Waals surface area contributed by atoms with Crippen molar-refractivity contribution in [2.75, 3.05) is 31.6 Å². The van der Waals surface area contributed by atoms with E-state index in [0.717, 1.165) is 38.9 Å². The van der Waals surface area contributed by atoms with Crippen LogP contribution in [0.5, 0.6) is 0 Å². The Bertz CT molecular complexity index is 643.